The first-order chi connectivity index (χ1) is 6.52. The standard InChI is InChI=1S/C11H21NO2/c1-8(2)11(14)7-12-6-4-5-10(13)9(12)3/h8-10,13H,4-7H2,1-3H3. The molecule has 0 saturated carbocycles. The Morgan fingerprint density at radius 1 is 1.57 bits per heavy atom. The molecule has 0 aromatic rings. The third-order valence-electron chi connectivity index (χ3n) is 3.08. The van der Waals surface area contributed by atoms with Crippen LogP contribution in [0, 0.1) is 5.92 Å². The molecular formula is C11H21NO2. The second-order valence-corrected chi connectivity index (χ2v) is 4.54. The van der Waals surface area contributed by atoms with E-state index in [0.29, 0.717) is 6.54 Å². The lowest BCUT2D eigenvalue weighted by Crippen LogP contribution is -2.48. The molecule has 3 nitrogen and oxygen atoms in total. The fourth-order valence-electron chi connectivity index (χ4n) is 1.80. The van der Waals surface area contributed by atoms with E-state index < -0.39 is 0 Å². The molecule has 0 radical (unpaired) electrons. The molecule has 1 saturated heterocycles. The van der Waals surface area contributed by atoms with Gasteiger partial charge in [0.15, 0.2) is 0 Å². The topological polar surface area (TPSA) is 40.5 Å². The number of piperidine rings is 1. The Hall–Kier alpha value is -0.410. The zero-order valence-corrected chi connectivity index (χ0v) is 9.36. The first-order valence-corrected chi connectivity index (χ1v) is 5.47. The third-order valence-corrected chi connectivity index (χ3v) is 3.08. The van der Waals surface area contributed by atoms with Crippen molar-refractivity contribution in [2.75, 3.05) is 13.1 Å². The van der Waals surface area contributed by atoms with Crippen LogP contribution in [0.25, 0.3) is 0 Å². The van der Waals surface area contributed by atoms with Crippen LogP contribution in [0.5, 0.6) is 0 Å². The normalized spacial score (nSPS) is 29.5. The van der Waals surface area contributed by atoms with Crippen molar-refractivity contribution in [3.63, 3.8) is 0 Å². The molecule has 0 amide bonds. The van der Waals surface area contributed by atoms with Gasteiger partial charge in [-0.3, -0.25) is 9.69 Å². The number of nitrogens with zero attached hydrogens (tertiary/aromatic N) is 1. The molecule has 0 bridgehead atoms. The molecule has 0 aromatic heterocycles. The number of hydrogen-bond donors (Lipinski definition) is 1. The molecule has 1 heterocycles. The summed E-state index contributed by atoms with van der Waals surface area (Å²) in [4.78, 5) is 13.6. The summed E-state index contributed by atoms with van der Waals surface area (Å²) in [7, 11) is 0. The molecule has 1 N–H and O–H groups in total. The maximum atomic E-state index is 11.5. The predicted molar refractivity (Wildman–Crippen MR) is 56.1 cm³/mol. The molecule has 2 atom stereocenters. The number of Topliss-reactive ketones (excluding diaryl/α,β-unsaturated/α-hetero) is 1. The van der Waals surface area contributed by atoms with E-state index in [0.717, 1.165) is 19.4 Å². The molecule has 0 spiro atoms. The van der Waals surface area contributed by atoms with Gasteiger partial charge in [-0.15, -0.1) is 0 Å². The summed E-state index contributed by atoms with van der Waals surface area (Å²) >= 11 is 0. The molecule has 0 aromatic carbocycles. The molecule has 3 heteroatoms. The fraction of sp³-hybridized carbons (Fsp3) is 0.909. The second-order valence-electron chi connectivity index (χ2n) is 4.54. The van der Waals surface area contributed by atoms with Gasteiger partial charge in [0.2, 0.25) is 0 Å². The van der Waals surface area contributed by atoms with E-state index in [4.69, 9.17) is 0 Å². The van der Waals surface area contributed by atoms with Crippen molar-refractivity contribution in [3.8, 4) is 0 Å². The van der Waals surface area contributed by atoms with Crippen molar-refractivity contribution in [2.24, 2.45) is 5.92 Å². The van der Waals surface area contributed by atoms with Gasteiger partial charge in [-0.25, -0.2) is 0 Å². The molecule has 2 unspecified atom stereocenters. The number of carbonyl (C=O) groups excluding carboxylic acids is 1. The van der Waals surface area contributed by atoms with Crippen molar-refractivity contribution in [2.45, 2.75) is 45.8 Å². The lowest BCUT2D eigenvalue weighted by Gasteiger charge is -2.36. The minimum absolute atomic E-state index is 0.0984. The highest BCUT2D eigenvalue weighted by atomic mass is 16.3. The van der Waals surface area contributed by atoms with Gasteiger partial charge in [-0.2, -0.15) is 0 Å². The lowest BCUT2D eigenvalue weighted by molar-refractivity contribution is -0.124. The number of aliphatic hydroxyl groups is 1. The van der Waals surface area contributed by atoms with Crippen LogP contribution in [-0.2, 0) is 4.79 Å². The van der Waals surface area contributed by atoms with E-state index >= 15 is 0 Å². The fourth-order valence-corrected chi connectivity index (χ4v) is 1.80. The SMILES string of the molecule is CC(C)C(=O)CN1CCCC(O)C1C. The number of rotatable bonds is 3. The van der Waals surface area contributed by atoms with E-state index in [1.807, 2.05) is 20.8 Å². The Morgan fingerprint density at radius 3 is 2.79 bits per heavy atom. The minimum atomic E-state index is -0.260. The van der Waals surface area contributed by atoms with Crippen LogP contribution in [-0.4, -0.2) is 41.0 Å². The summed E-state index contributed by atoms with van der Waals surface area (Å²) in [6.07, 6.45) is 1.61. The molecule has 1 fully saturated rings. The lowest BCUT2D eigenvalue weighted by atomic mass is 9.99. The van der Waals surface area contributed by atoms with Crippen molar-refractivity contribution >= 4 is 5.78 Å². The average Bonchev–Trinajstić information content (AvgIpc) is 2.12. The van der Waals surface area contributed by atoms with Crippen molar-refractivity contribution in [1.82, 2.24) is 4.90 Å². The van der Waals surface area contributed by atoms with E-state index in [-0.39, 0.29) is 23.8 Å². The van der Waals surface area contributed by atoms with Crippen molar-refractivity contribution < 1.29 is 9.90 Å². The van der Waals surface area contributed by atoms with Crippen LogP contribution in [0.1, 0.15) is 33.6 Å². The Balaban J connectivity index is 2.47. The molecule has 14 heavy (non-hydrogen) atoms. The predicted octanol–water partition coefficient (Wildman–Crippen LogP) is 1.06. The van der Waals surface area contributed by atoms with E-state index in [1.54, 1.807) is 0 Å². The minimum Gasteiger partial charge on any atom is -0.392 e. The van der Waals surface area contributed by atoms with E-state index in [1.165, 1.54) is 0 Å². The summed E-state index contributed by atoms with van der Waals surface area (Å²) in [5.41, 5.74) is 0. The van der Waals surface area contributed by atoms with Gasteiger partial charge < -0.3 is 5.11 Å². The quantitative estimate of drug-likeness (QED) is 0.739. The summed E-state index contributed by atoms with van der Waals surface area (Å²) < 4.78 is 0. The highest BCUT2D eigenvalue weighted by Gasteiger charge is 2.27. The summed E-state index contributed by atoms with van der Waals surface area (Å²) in [6.45, 7) is 7.28. The molecule has 1 aliphatic heterocycles. The Kier molecular flexibility index (Phi) is 4.08. The van der Waals surface area contributed by atoms with Crippen LogP contribution in [0.2, 0.25) is 0 Å². The maximum absolute atomic E-state index is 11.5. The highest BCUT2D eigenvalue weighted by Crippen LogP contribution is 2.17. The Morgan fingerprint density at radius 2 is 2.21 bits per heavy atom. The number of carbonyl (C=O) groups is 1. The van der Waals surface area contributed by atoms with Crippen LogP contribution in [0.4, 0.5) is 0 Å². The second kappa shape index (κ2) is 4.89. The molecule has 1 aliphatic rings. The first-order valence-electron chi connectivity index (χ1n) is 5.47. The maximum Gasteiger partial charge on any atom is 0.149 e. The van der Waals surface area contributed by atoms with Crippen LogP contribution in [0.3, 0.4) is 0 Å². The number of likely N-dealkylation sites (tertiary alicyclic amines) is 1. The van der Waals surface area contributed by atoms with Crippen molar-refractivity contribution in [1.29, 1.82) is 0 Å². The van der Waals surface area contributed by atoms with Gasteiger partial charge in [-0.05, 0) is 26.3 Å². The average molecular weight is 199 g/mol. The summed E-state index contributed by atoms with van der Waals surface area (Å²) in [5.74, 6) is 0.368. The van der Waals surface area contributed by atoms with E-state index in [9.17, 15) is 9.90 Å². The van der Waals surface area contributed by atoms with Gasteiger partial charge in [-0.1, -0.05) is 13.8 Å². The van der Waals surface area contributed by atoms with Crippen molar-refractivity contribution in [3.05, 3.63) is 0 Å². The van der Waals surface area contributed by atoms with Gasteiger partial charge in [0, 0.05) is 12.0 Å². The van der Waals surface area contributed by atoms with Crippen LogP contribution in [0.15, 0.2) is 0 Å². The third kappa shape index (κ3) is 2.79. The van der Waals surface area contributed by atoms with Gasteiger partial charge in [0.05, 0.1) is 12.6 Å². The highest BCUT2D eigenvalue weighted by molar-refractivity contribution is 5.82. The molecular weight excluding hydrogens is 178 g/mol. The number of hydrogen-bond acceptors (Lipinski definition) is 3. The summed E-state index contributed by atoms with van der Waals surface area (Å²) in [6, 6.07) is 0.131. The number of ketones is 1. The molecule has 82 valence electrons. The summed E-state index contributed by atoms with van der Waals surface area (Å²) in [5, 5.41) is 9.65. The Labute approximate surface area is 86.1 Å². The van der Waals surface area contributed by atoms with E-state index in [2.05, 4.69) is 4.90 Å². The number of aliphatic hydroxyl groups excluding tert-OH is 1. The Bertz CT molecular complexity index is 203. The van der Waals surface area contributed by atoms with Gasteiger partial charge >= 0.3 is 0 Å². The van der Waals surface area contributed by atoms with Crippen LogP contribution >= 0.6 is 0 Å². The molecule has 1 rings (SSSR count). The smallest absolute Gasteiger partial charge is 0.149 e. The van der Waals surface area contributed by atoms with Crippen LogP contribution < -0.4 is 0 Å². The zero-order chi connectivity index (χ0) is 10.7. The monoisotopic (exact) mass is 199 g/mol. The van der Waals surface area contributed by atoms with Gasteiger partial charge in [0.1, 0.15) is 5.78 Å². The first kappa shape index (κ1) is 11.7. The largest absolute Gasteiger partial charge is 0.392 e. The molecule has 0 aliphatic carbocycles. The van der Waals surface area contributed by atoms with Gasteiger partial charge in [0.25, 0.3) is 0 Å². The zero-order valence-electron chi connectivity index (χ0n) is 9.36.